The van der Waals surface area contributed by atoms with Crippen molar-refractivity contribution >= 4 is 29.6 Å². The maximum atomic E-state index is 12.7. The third-order valence-corrected chi connectivity index (χ3v) is 5.95. The molecule has 0 bridgehead atoms. The molecule has 0 radical (unpaired) electrons. The van der Waals surface area contributed by atoms with E-state index in [0.717, 1.165) is 6.54 Å². The zero-order valence-electron chi connectivity index (χ0n) is 15.9. The molecule has 27 heavy (non-hydrogen) atoms. The van der Waals surface area contributed by atoms with Gasteiger partial charge in [0.1, 0.15) is 23.2 Å². The highest BCUT2D eigenvalue weighted by molar-refractivity contribution is 8.00. The Hall–Kier alpha value is -1.62. The highest BCUT2D eigenvalue weighted by atomic mass is 32.2. The zero-order chi connectivity index (χ0) is 19.9. The highest BCUT2D eigenvalue weighted by Gasteiger charge is 2.53. The molecule has 10 heteroatoms. The summed E-state index contributed by atoms with van der Waals surface area (Å²) < 4.78 is 10.1. The highest BCUT2D eigenvalue weighted by Crippen LogP contribution is 2.42. The van der Waals surface area contributed by atoms with E-state index in [-0.39, 0.29) is 23.1 Å². The fourth-order valence-electron chi connectivity index (χ4n) is 3.06. The fraction of sp³-hybridized carbons (Fsp3) is 0.706. The van der Waals surface area contributed by atoms with Crippen LogP contribution in [-0.2, 0) is 28.7 Å². The summed E-state index contributed by atoms with van der Waals surface area (Å²) in [6.45, 7) is 5.32. The van der Waals surface area contributed by atoms with E-state index in [1.807, 2.05) is 7.05 Å². The van der Waals surface area contributed by atoms with E-state index in [1.54, 1.807) is 25.8 Å². The van der Waals surface area contributed by atoms with Crippen molar-refractivity contribution in [2.24, 2.45) is 11.1 Å². The molecule has 0 aromatic rings. The number of ether oxygens (including phenoxy) is 2. The van der Waals surface area contributed by atoms with E-state index in [0.29, 0.717) is 17.7 Å². The molecule has 9 nitrogen and oxygen atoms in total. The quantitative estimate of drug-likeness (QED) is 0.403. The van der Waals surface area contributed by atoms with Gasteiger partial charge in [-0.2, -0.15) is 5.06 Å². The Morgan fingerprint density at radius 1 is 1.33 bits per heavy atom. The number of nitrogens with two attached hydrogens (primary N) is 1. The number of carbonyl (C=O) groups excluding carboxylic acids is 3. The lowest BCUT2D eigenvalue weighted by molar-refractivity contribution is -0.173. The molecule has 2 fully saturated rings. The predicted molar refractivity (Wildman–Crippen MR) is 96.7 cm³/mol. The number of nitrogens with zero attached hydrogens (tertiary/aromatic N) is 2. The smallest absolute Gasteiger partial charge is 0.358 e. The molecule has 2 saturated heterocycles. The van der Waals surface area contributed by atoms with E-state index < -0.39 is 30.2 Å². The first kappa shape index (κ1) is 20.1. The van der Waals surface area contributed by atoms with Gasteiger partial charge in [-0.3, -0.25) is 19.3 Å². The van der Waals surface area contributed by atoms with Gasteiger partial charge in [0.15, 0.2) is 0 Å². The molecule has 1 amide bonds. The van der Waals surface area contributed by atoms with E-state index in [1.165, 1.54) is 16.7 Å². The number of carbonyl (C=O) groups is 3. The molecule has 0 saturated carbocycles. The molecule has 3 rings (SSSR count). The van der Waals surface area contributed by atoms with Gasteiger partial charge in [0.2, 0.25) is 12.7 Å². The Kier molecular flexibility index (Phi) is 5.53. The van der Waals surface area contributed by atoms with E-state index in [2.05, 4.69) is 0 Å². The van der Waals surface area contributed by atoms with Gasteiger partial charge in [0.05, 0.1) is 5.41 Å². The van der Waals surface area contributed by atoms with Gasteiger partial charge in [0.25, 0.3) is 0 Å². The first-order chi connectivity index (χ1) is 12.6. The van der Waals surface area contributed by atoms with Gasteiger partial charge in [-0.05, 0) is 27.2 Å². The summed E-state index contributed by atoms with van der Waals surface area (Å²) >= 11 is 1.50. The van der Waals surface area contributed by atoms with Crippen LogP contribution >= 0.6 is 11.8 Å². The number of hydrogen-bond donors (Lipinski definition) is 1. The summed E-state index contributed by atoms with van der Waals surface area (Å²) in [5.74, 6) is -0.998. The Balaban J connectivity index is 1.76. The Morgan fingerprint density at radius 3 is 2.63 bits per heavy atom. The van der Waals surface area contributed by atoms with Crippen LogP contribution in [0.4, 0.5) is 0 Å². The van der Waals surface area contributed by atoms with Gasteiger partial charge < -0.3 is 15.2 Å². The number of hydroxylamine groups is 2. The van der Waals surface area contributed by atoms with Crippen LogP contribution in [0.25, 0.3) is 0 Å². The average molecular weight is 399 g/mol. The standard InChI is InChI=1S/C17H25N3O6S/c1-17(2,3)16(23)25-8-24-15(22)12-9(10-5-6-19(4)26-10)7-27-14-11(18)13(21)20(12)14/h10-11,14H,5-8,18H2,1-4H3/t10-,11+,14+/m0/s1. The summed E-state index contributed by atoms with van der Waals surface area (Å²) in [7, 11) is 1.81. The van der Waals surface area contributed by atoms with Crippen LogP contribution in [0.2, 0.25) is 0 Å². The van der Waals surface area contributed by atoms with Crippen molar-refractivity contribution in [3.8, 4) is 0 Å². The van der Waals surface area contributed by atoms with Crippen molar-refractivity contribution in [2.75, 3.05) is 26.1 Å². The predicted octanol–water partition coefficient (Wildman–Crippen LogP) is 0.209. The van der Waals surface area contributed by atoms with Gasteiger partial charge in [0, 0.05) is 24.9 Å². The SMILES string of the molecule is CN1CC[C@@H](C2=C(C(=O)OCOC(=O)C(C)(C)C)N3C(=O)[C@@H](N)[C@H]3SC2)O1. The topological polar surface area (TPSA) is 111 Å². The molecular formula is C17H25N3O6S. The molecule has 0 aromatic heterocycles. The number of esters is 2. The van der Waals surface area contributed by atoms with E-state index >= 15 is 0 Å². The summed E-state index contributed by atoms with van der Waals surface area (Å²) in [6, 6.07) is -0.634. The summed E-state index contributed by atoms with van der Waals surface area (Å²) in [5, 5.41) is 1.41. The summed E-state index contributed by atoms with van der Waals surface area (Å²) in [5.41, 5.74) is 6.02. The van der Waals surface area contributed by atoms with E-state index in [9.17, 15) is 14.4 Å². The second kappa shape index (κ2) is 7.42. The molecule has 0 unspecified atom stereocenters. The molecule has 3 atom stereocenters. The lowest BCUT2D eigenvalue weighted by Gasteiger charge is -2.48. The van der Waals surface area contributed by atoms with Crippen molar-refractivity contribution in [3.05, 3.63) is 11.3 Å². The summed E-state index contributed by atoms with van der Waals surface area (Å²) in [6.07, 6.45) is 0.411. The minimum Gasteiger partial charge on any atom is -0.427 e. The summed E-state index contributed by atoms with van der Waals surface area (Å²) in [4.78, 5) is 43.9. The van der Waals surface area contributed by atoms with Crippen molar-refractivity contribution < 1.29 is 28.7 Å². The van der Waals surface area contributed by atoms with Gasteiger partial charge in [-0.15, -0.1) is 11.8 Å². The van der Waals surface area contributed by atoms with Gasteiger partial charge >= 0.3 is 11.9 Å². The molecule has 2 N–H and O–H groups in total. The number of amides is 1. The van der Waals surface area contributed by atoms with Gasteiger partial charge in [-0.25, -0.2) is 4.79 Å². The Bertz CT molecular complexity index is 689. The third-order valence-electron chi connectivity index (χ3n) is 4.63. The lowest BCUT2D eigenvalue weighted by atomic mass is 9.98. The van der Waals surface area contributed by atoms with Crippen LogP contribution in [0.1, 0.15) is 27.2 Å². The molecule has 0 aliphatic carbocycles. The number of fused-ring (bicyclic) bond motifs is 1. The molecule has 0 aromatic carbocycles. The molecule has 0 spiro atoms. The van der Waals surface area contributed by atoms with Crippen molar-refractivity contribution in [2.45, 2.75) is 44.7 Å². The number of rotatable bonds is 4. The Morgan fingerprint density at radius 2 is 2.04 bits per heavy atom. The minimum atomic E-state index is -0.713. The average Bonchev–Trinajstić information content (AvgIpc) is 3.04. The van der Waals surface area contributed by atoms with Crippen molar-refractivity contribution in [1.29, 1.82) is 0 Å². The van der Waals surface area contributed by atoms with Crippen LogP contribution in [0, 0.1) is 5.41 Å². The molecule has 3 heterocycles. The first-order valence-electron chi connectivity index (χ1n) is 8.77. The second-order valence-electron chi connectivity index (χ2n) is 7.78. The maximum Gasteiger partial charge on any atom is 0.358 e. The first-order valence-corrected chi connectivity index (χ1v) is 9.81. The molecule has 150 valence electrons. The molecule has 3 aliphatic rings. The monoisotopic (exact) mass is 399 g/mol. The fourth-order valence-corrected chi connectivity index (χ4v) is 4.41. The van der Waals surface area contributed by atoms with Crippen molar-refractivity contribution in [3.63, 3.8) is 0 Å². The number of thioether (sulfide) groups is 1. The number of β-lactam (4-membered cyclic amide) rings is 1. The largest absolute Gasteiger partial charge is 0.427 e. The minimum absolute atomic E-state index is 0.164. The maximum absolute atomic E-state index is 12.7. The van der Waals surface area contributed by atoms with E-state index in [4.69, 9.17) is 20.0 Å². The zero-order valence-corrected chi connectivity index (χ0v) is 16.7. The van der Waals surface area contributed by atoms with Crippen LogP contribution in [-0.4, -0.2) is 71.5 Å². The number of hydrogen-bond acceptors (Lipinski definition) is 9. The lowest BCUT2D eigenvalue weighted by Crippen LogP contribution is -2.68. The Labute approximate surface area is 162 Å². The normalized spacial score (nSPS) is 28.7. The van der Waals surface area contributed by atoms with Crippen LogP contribution in [0.3, 0.4) is 0 Å². The van der Waals surface area contributed by atoms with Crippen molar-refractivity contribution in [1.82, 2.24) is 9.96 Å². The molecule has 3 aliphatic heterocycles. The third kappa shape index (κ3) is 3.84. The van der Waals surface area contributed by atoms with Crippen LogP contribution in [0.15, 0.2) is 11.3 Å². The molecular weight excluding hydrogens is 374 g/mol. The van der Waals surface area contributed by atoms with Crippen LogP contribution < -0.4 is 5.73 Å². The van der Waals surface area contributed by atoms with Crippen LogP contribution in [0.5, 0.6) is 0 Å². The van der Waals surface area contributed by atoms with Gasteiger partial charge in [-0.1, -0.05) is 0 Å². The second-order valence-corrected chi connectivity index (χ2v) is 8.88.